The molecule has 0 unspecified atom stereocenters. The summed E-state index contributed by atoms with van der Waals surface area (Å²) in [6.45, 7) is 15.3. The van der Waals surface area contributed by atoms with Crippen LogP contribution in [-0.2, 0) is 38.2 Å². The molecule has 0 saturated carbocycles. The number of nitrogens with two attached hydrogens (primary N) is 3. The predicted molar refractivity (Wildman–Crippen MR) is 460 cm³/mol. The summed E-state index contributed by atoms with van der Waals surface area (Å²) >= 11 is 0. The lowest BCUT2D eigenvalue weighted by Gasteiger charge is -2.33. The number of carbonyl (C=O) groups excluding carboxylic acids is 3. The molecule has 12 aromatic rings. The van der Waals surface area contributed by atoms with Gasteiger partial charge in [-0.1, -0.05) is 113 Å². The van der Waals surface area contributed by atoms with E-state index in [4.69, 9.17) is 17.2 Å². The average molecular weight is 1680 g/mol. The maximum absolute atomic E-state index is 14.0. The first-order valence-corrected chi connectivity index (χ1v) is 39.3. The molecular formula is C93H87F9N18O3. The van der Waals surface area contributed by atoms with Crippen LogP contribution in [0.4, 0.5) is 74.0 Å². The number of halogens is 9. The molecule has 6 aromatic carbocycles. The summed E-state index contributed by atoms with van der Waals surface area (Å²) in [6, 6.07) is 35.6. The van der Waals surface area contributed by atoms with Crippen molar-refractivity contribution in [3.05, 3.63) is 283 Å². The van der Waals surface area contributed by atoms with E-state index in [-0.39, 0.29) is 70.1 Å². The molecule has 3 aliphatic rings. The number of carbonyl (C=O) groups is 3. The molecule has 630 valence electrons. The lowest BCUT2D eigenvalue weighted by Crippen LogP contribution is -2.44. The molecule has 0 atom stereocenters. The number of nitrogen functional groups attached to an aromatic ring is 3. The molecule has 9 heterocycles. The number of pyridine rings is 6. The number of piperazine rings is 3. The van der Waals surface area contributed by atoms with Crippen LogP contribution in [0.2, 0.25) is 0 Å². The van der Waals surface area contributed by atoms with E-state index in [0.717, 1.165) is 101 Å². The Kier molecular flexibility index (Phi) is 27.1. The van der Waals surface area contributed by atoms with E-state index in [1.54, 1.807) is 37.6 Å². The van der Waals surface area contributed by atoms with E-state index in [1.807, 2.05) is 110 Å². The van der Waals surface area contributed by atoms with Crippen LogP contribution in [0.1, 0.15) is 115 Å². The number of likely N-dealkylation sites (N-methyl/N-ethyl adjacent to an activating group) is 3. The zero-order valence-electron chi connectivity index (χ0n) is 68.2. The zero-order chi connectivity index (χ0) is 87.4. The number of nitrogens with one attached hydrogen (secondary N) is 3. The van der Waals surface area contributed by atoms with Gasteiger partial charge in [0.15, 0.2) is 0 Å². The number of rotatable bonds is 12. The van der Waals surface area contributed by atoms with Gasteiger partial charge in [0.2, 0.25) is 0 Å². The summed E-state index contributed by atoms with van der Waals surface area (Å²) in [5, 5.41) is 12.7. The molecule has 21 nitrogen and oxygen atoms in total. The second kappa shape index (κ2) is 38.1. The highest BCUT2D eigenvalue weighted by atomic mass is 19.4. The fraction of sp³-hybridized carbons (Fsp3) is 0.258. The van der Waals surface area contributed by atoms with Gasteiger partial charge in [0.1, 0.15) is 17.5 Å². The minimum absolute atomic E-state index is 0.0513. The average Bonchev–Trinajstić information content (AvgIpc) is 0.808. The summed E-state index contributed by atoms with van der Waals surface area (Å²) in [6.07, 6.45) is -1.80. The topological polar surface area (TPSA) is 262 Å². The molecule has 15 rings (SSSR count). The first kappa shape index (κ1) is 87.4. The summed E-state index contributed by atoms with van der Waals surface area (Å²) in [5.74, 6) is 17.7. The van der Waals surface area contributed by atoms with Crippen molar-refractivity contribution in [2.24, 2.45) is 0 Å². The second-order valence-corrected chi connectivity index (χ2v) is 30.6. The number of hydrogen-bond acceptors (Lipinski definition) is 18. The number of amides is 3. The van der Waals surface area contributed by atoms with E-state index in [2.05, 4.69) is 96.1 Å². The third kappa shape index (κ3) is 22.6. The first-order valence-electron chi connectivity index (χ1n) is 39.3. The van der Waals surface area contributed by atoms with Gasteiger partial charge >= 0.3 is 18.5 Å². The highest BCUT2D eigenvalue weighted by Crippen LogP contribution is 2.39. The fourth-order valence-electron chi connectivity index (χ4n) is 14.2. The van der Waals surface area contributed by atoms with Gasteiger partial charge < -0.3 is 47.9 Å². The number of aromatic nitrogens is 6. The third-order valence-corrected chi connectivity index (χ3v) is 21.3. The number of hydrogen-bond donors (Lipinski definition) is 6. The molecular weight excluding hydrogens is 1590 g/mol. The third-order valence-electron chi connectivity index (χ3n) is 21.3. The largest absolute Gasteiger partial charge is 0.416 e. The molecule has 3 fully saturated rings. The molecule has 3 saturated heterocycles. The van der Waals surface area contributed by atoms with Crippen molar-refractivity contribution >= 4 is 84.6 Å². The predicted octanol–water partition coefficient (Wildman–Crippen LogP) is 14.8. The molecule has 9 N–H and O–H groups in total. The number of benzene rings is 6. The molecule has 3 aliphatic heterocycles. The SMILES string of the molecule is CN1CCN(Cc2ccc(NC(=O)c3cncc(C#Cc4cnc(N)c5ccccc45)c3)cc2C(F)(F)F)CC1.Cc1ccc2c(N)ncc(C#Cc3cc(C(=O)Nc4ccc(CN5CCN(C)CC5)c(C(F)(F)F)c4)cnc3C)c2c1.Cc1ccc2c(N)ncc(C#Cc3cncc(C(=O)Nc4ccc(CN5CCN(C)CC5)c(C(F)(F)F)c4)c3)c2c1. The van der Waals surface area contributed by atoms with Crippen LogP contribution in [0.5, 0.6) is 0 Å². The van der Waals surface area contributed by atoms with Gasteiger partial charge in [-0.05, 0) is 125 Å². The van der Waals surface area contributed by atoms with Crippen molar-refractivity contribution in [2.45, 2.75) is 58.9 Å². The van der Waals surface area contributed by atoms with Crippen LogP contribution in [0.15, 0.2) is 183 Å². The molecule has 0 radical (unpaired) electrons. The van der Waals surface area contributed by atoms with Crippen molar-refractivity contribution in [2.75, 3.05) is 133 Å². The fourth-order valence-corrected chi connectivity index (χ4v) is 14.2. The first-order chi connectivity index (χ1) is 58.7. The second-order valence-electron chi connectivity index (χ2n) is 30.6. The molecule has 3 amide bonds. The van der Waals surface area contributed by atoms with Crippen LogP contribution in [0, 0.1) is 56.3 Å². The summed E-state index contributed by atoms with van der Waals surface area (Å²) in [4.78, 5) is 76.6. The van der Waals surface area contributed by atoms with Crippen molar-refractivity contribution in [3.63, 3.8) is 0 Å². The Morgan fingerprint density at radius 3 is 1.04 bits per heavy atom. The van der Waals surface area contributed by atoms with Gasteiger partial charge in [0, 0.05) is 214 Å². The van der Waals surface area contributed by atoms with Gasteiger partial charge in [-0.3, -0.25) is 44.0 Å². The van der Waals surface area contributed by atoms with Crippen molar-refractivity contribution < 1.29 is 53.9 Å². The quantitative estimate of drug-likeness (QED) is 0.0490. The van der Waals surface area contributed by atoms with E-state index < -0.39 is 52.9 Å². The Labute approximate surface area is 704 Å². The van der Waals surface area contributed by atoms with Gasteiger partial charge in [-0.2, -0.15) is 39.5 Å². The van der Waals surface area contributed by atoms with E-state index in [0.29, 0.717) is 95.8 Å². The number of fused-ring (bicyclic) bond motifs is 3. The number of aryl methyl sites for hydroxylation is 3. The van der Waals surface area contributed by atoms with E-state index in [9.17, 15) is 53.9 Å². The summed E-state index contributed by atoms with van der Waals surface area (Å²) in [7, 11) is 5.98. The number of anilines is 6. The van der Waals surface area contributed by atoms with Gasteiger partial charge in [-0.25, -0.2) is 15.0 Å². The van der Waals surface area contributed by atoms with E-state index >= 15 is 0 Å². The Morgan fingerprint density at radius 1 is 0.350 bits per heavy atom. The normalized spacial score (nSPS) is 14.5. The Bertz CT molecular complexity index is 6180. The minimum atomic E-state index is -4.56. The number of nitrogens with zero attached hydrogens (tertiary/aromatic N) is 12. The van der Waals surface area contributed by atoms with E-state index in [1.165, 1.54) is 73.4 Å². The molecule has 123 heavy (non-hydrogen) atoms. The monoisotopic (exact) mass is 1670 g/mol. The van der Waals surface area contributed by atoms with Crippen molar-refractivity contribution in [1.82, 2.24) is 59.3 Å². The van der Waals surface area contributed by atoms with Crippen LogP contribution in [-0.4, -0.2) is 177 Å². The number of alkyl halides is 9. The molecule has 30 heteroatoms. The van der Waals surface area contributed by atoms with Crippen LogP contribution in [0.3, 0.4) is 0 Å². The van der Waals surface area contributed by atoms with Crippen molar-refractivity contribution in [1.29, 1.82) is 0 Å². The van der Waals surface area contributed by atoms with Gasteiger partial charge in [0.05, 0.1) is 55.8 Å². The van der Waals surface area contributed by atoms with Gasteiger partial charge in [-0.15, -0.1) is 0 Å². The molecule has 0 bridgehead atoms. The lowest BCUT2D eigenvalue weighted by atomic mass is 10.0. The van der Waals surface area contributed by atoms with Crippen molar-refractivity contribution in [3.8, 4) is 35.5 Å². The molecule has 0 spiro atoms. The summed E-state index contributed by atoms with van der Waals surface area (Å²) in [5.41, 5.74) is 23.1. The Balaban J connectivity index is 0.000000159. The van der Waals surface area contributed by atoms with Gasteiger partial charge in [0.25, 0.3) is 17.7 Å². The Morgan fingerprint density at radius 2 is 0.675 bits per heavy atom. The zero-order valence-corrected chi connectivity index (χ0v) is 68.2. The molecule has 0 aliphatic carbocycles. The Hall–Kier alpha value is -13.4. The smallest absolute Gasteiger partial charge is 0.383 e. The highest BCUT2D eigenvalue weighted by molar-refractivity contribution is 6.06. The highest BCUT2D eigenvalue weighted by Gasteiger charge is 2.37. The summed E-state index contributed by atoms with van der Waals surface area (Å²) < 4.78 is 126. The lowest BCUT2D eigenvalue weighted by molar-refractivity contribution is -0.139. The van der Waals surface area contributed by atoms with Crippen LogP contribution >= 0.6 is 0 Å². The minimum Gasteiger partial charge on any atom is -0.383 e. The standard InChI is InChI=1S/C32H31F3N6O.C31H29F3N6O.C30H27F3N6O/c1-20-4-9-27-28(14-20)23(17-38-30(27)36)6-5-22-15-25(18-37-21(22)2)31(42)39-26-8-7-24(29(16-26)32(33,34)35)19-41-12-10-40(3)11-13-41;1-20-3-8-26-27(13-20)22(18-37-29(26)35)5-4-21-14-24(17-36-16-21)30(41)38-25-7-6-23(28(15-25)31(32,33)34)19-40-11-9-39(2)10-12-40;1-38-10-12-39(13-11-38)19-22-8-9-24(15-27(22)30(31,32)33)37-29(40)23-14-20(16-35-17-23)6-7-21-18-36-28(34)26-5-3-2-4-25(21)26/h4,7-9,14-18H,10-13,19H2,1-3H3,(H2,36,38)(H,39,42);3,6-8,13-18H,9-12,19H2,1-2H3,(H2,35,37)(H,38,41);2-5,8-9,14-18H,10-13,19H2,1H3,(H2,34,36)(H,37,40). The van der Waals surface area contributed by atoms with Crippen LogP contribution in [0.25, 0.3) is 32.3 Å². The maximum Gasteiger partial charge on any atom is 0.416 e. The van der Waals surface area contributed by atoms with Crippen LogP contribution < -0.4 is 33.2 Å². The molecule has 6 aromatic heterocycles. The maximum atomic E-state index is 14.0.